The number of hydrogen-bond donors (Lipinski definition) is 2. The quantitative estimate of drug-likeness (QED) is 0.319. The Bertz CT molecular complexity index is 1370. The van der Waals surface area contributed by atoms with Gasteiger partial charge in [-0.2, -0.15) is 0 Å². The number of carbonyl (C=O) groups is 1. The molecule has 39 heavy (non-hydrogen) atoms. The van der Waals surface area contributed by atoms with Crippen molar-refractivity contribution in [2.75, 3.05) is 50.1 Å². The fourth-order valence-corrected chi connectivity index (χ4v) is 4.55. The number of rotatable bonds is 7. The molecule has 2 aliphatic heterocycles. The molecule has 0 saturated carbocycles. The molecule has 9 heteroatoms. The summed E-state index contributed by atoms with van der Waals surface area (Å²) < 4.78 is 30.7. The molecule has 2 aromatic carbocycles. The third-order valence-electron chi connectivity index (χ3n) is 6.73. The van der Waals surface area contributed by atoms with Crippen molar-refractivity contribution in [2.24, 2.45) is 5.41 Å². The Hall–Kier alpha value is -3.87. The molecule has 3 aromatic rings. The summed E-state index contributed by atoms with van der Waals surface area (Å²) in [5.74, 6) is 6.82. The van der Waals surface area contributed by atoms with Crippen molar-refractivity contribution < 1.29 is 23.2 Å². The number of amides is 2. The largest absolute Gasteiger partial charge is 0.490 e. The summed E-state index contributed by atoms with van der Waals surface area (Å²) in [6.07, 6.45) is 0.850. The second-order valence-corrected chi connectivity index (χ2v) is 11.3. The molecule has 0 bridgehead atoms. The molecule has 0 unspecified atom stereocenters. The highest BCUT2D eigenvalue weighted by Crippen LogP contribution is 2.37. The van der Waals surface area contributed by atoms with Gasteiger partial charge in [-0.3, -0.25) is 5.32 Å². The lowest BCUT2D eigenvalue weighted by molar-refractivity contribution is -0.189. The fourth-order valence-electron chi connectivity index (χ4n) is 4.55. The second-order valence-electron chi connectivity index (χ2n) is 11.3. The van der Waals surface area contributed by atoms with Crippen molar-refractivity contribution in [1.82, 2.24) is 10.1 Å². The van der Waals surface area contributed by atoms with E-state index in [9.17, 15) is 9.18 Å². The molecule has 0 atom stereocenters. The molecule has 2 saturated heterocycles. The molecule has 2 amide bonds. The summed E-state index contributed by atoms with van der Waals surface area (Å²) in [7, 11) is 0. The van der Waals surface area contributed by atoms with Crippen molar-refractivity contribution in [3.63, 3.8) is 0 Å². The molecule has 8 nitrogen and oxygen atoms in total. The number of anilines is 2. The van der Waals surface area contributed by atoms with Crippen LogP contribution in [0.5, 0.6) is 5.75 Å². The number of ether oxygens (including phenoxy) is 2. The monoisotopic (exact) mass is 532 g/mol. The molecule has 2 fully saturated rings. The van der Waals surface area contributed by atoms with E-state index in [0.29, 0.717) is 34.9 Å². The molecular weight excluding hydrogens is 499 g/mol. The third-order valence-corrected chi connectivity index (χ3v) is 6.73. The van der Waals surface area contributed by atoms with Crippen molar-refractivity contribution in [3.05, 3.63) is 71.2 Å². The summed E-state index contributed by atoms with van der Waals surface area (Å²) >= 11 is 0. The molecule has 1 aromatic heterocycles. The lowest BCUT2D eigenvalue weighted by Gasteiger charge is -2.55. The maximum Gasteiger partial charge on any atom is 0.324 e. The first-order chi connectivity index (χ1) is 18.7. The van der Waals surface area contributed by atoms with Gasteiger partial charge in [0, 0.05) is 53.3 Å². The number of nitrogens with one attached hydrogen (secondary N) is 2. The summed E-state index contributed by atoms with van der Waals surface area (Å²) in [6.45, 7) is 11.4. The Morgan fingerprint density at radius 1 is 1.08 bits per heavy atom. The van der Waals surface area contributed by atoms with Gasteiger partial charge in [-0.1, -0.05) is 37.8 Å². The predicted octanol–water partition coefficient (Wildman–Crippen LogP) is 5.26. The van der Waals surface area contributed by atoms with Crippen LogP contribution in [0.4, 0.5) is 20.7 Å². The number of aromatic nitrogens is 1. The first-order valence-electron chi connectivity index (χ1n) is 13.1. The number of nitrogens with zero attached hydrogens (tertiary/aromatic N) is 2. The molecule has 1 spiro atoms. The zero-order chi connectivity index (χ0) is 27.5. The number of likely N-dealkylation sites (tertiary alicyclic amines) is 1. The van der Waals surface area contributed by atoms with Gasteiger partial charge in [0.25, 0.3) is 0 Å². The summed E-state index contributed by atoms with van der Waals surface area (Å²) in [5, 5.41) is 9.27. The van der Waals surface area contributed by atoms with Crippen LogP contribution in [0.3, 0.4) is 0 Å². The maximum atomic E-state index is 14.5. The highest BCUT2D eigenvalue weighted by Gasteiger charge is 2.48. The summed E-state index contributed by atoms with van der Waals surface area (Å²) in [4.78, 5) is 14.7. The van der Waals surface area contributed by atoms with Gasteiger partial charge in [0.05, 0.1) is 19.8 Å². The van der Waals surface area contributed by atoms with Gasteiger partial charge >= 0.3 is 6.03 Å². The van der Waals surface area contributed by atoms with Gasteiger partial charge in [-0.15, -0.1) is 0 Å². The zero-order valence-corrected chi connectivity index (χ0v) is 22.5. The normalized spacial score (nSPS) is 16.0. The minimum Gasteiger partial charge on any atom is -0.490 e. The van der Waals surface area contributed by atoms with Crippen molar-refractivity contribution in [2.45, 2.75) is 32.6 Å². The van der Waals surface area contributed by atoms with E-state index in [1.165, 1.54) is 6.07 Å². The molecular formula is C30H33FN4O4. The Morgan fingerprint density at radius 2 is 1.79 bits per heavy atom. The van der Waals surface area contributed by atoms with Crippen LogP contribution in [0.25, 0.3) is 0 Å². The van der Waals surface area contributed by atoms with Gasteiger partial charge in [0.1, 0.15) is 5.76 Å². The number of benzene rings is 2. The molecule has 3 heterocycles. The topological polar surface area (TPSA) is 88.9 Å². The van der Waals surface area contributed by atoms with Crippen LogP contribution < -0.4 is 15.4 Å². The van der Waals surface area contributed by atoms with Crippen LogP contribution in [0.2, 0.25) is 0 Å². The van der Waals surface area contributed by atoms with Crippen LogP contribution in [0.1, 0.15) is 44.1 Å². The van der Waals surface area contributed by atoms with Crippen LogP contribution >= 0.6 is 0 Å². The Labute approximate surface area is 227 Å². The summed E-state index contributed by atoms with van der Waals surface area (Å²) in [6, 6.07) is 13.1. The van der Waals surface area contributed by atoms with E-state index in [4.69, 9.17) is 14.0 Å². The van der Waals surface area contributed by atoms with Crippen LogP contribution in [0, 0.1) is 23.1 Å². The van der Waals surface area contributed by atoms with Crippen molar-refractivity contribution in [3.8, 4) is 17.6 Å². The summed E-state index contributed by atoms with van der Waals surface area (Å²) in [5.41, 5.74) is 2.09. The van der Waals surface area contributed by atoms with E-state index in [2.05, 4.69) is 32.5 Å². The minimum absolute atomic E-state index is 0.203. The lowest BCUT2D eigenvalue weighted by atomic mass is 9.78. The van der Waals surface area contributed by atoms with E-state index >= 15 is 0 Å². The Morgan fingerprint density at radius 3 is 2.44 bits per heavy atom. The standard InChI is InChI=1S/C30H33FN4O4/c1-29(2,3)26-16-27(34-39-26)33-28(36)32-23-10-7-21(8-11-23)5-6-22-9-12-25(24(31)15-22)38-14-4-13-35-17-30(18-35)19-37-20-30/h7-12,15-16H,4,13-14,17-20H2,1-3H3,(H2,32,33,34,36). The van der Waals surface area contributed by atoms with Gasteiger partial charge in [-0.25, -0.2) is 9.18 Å². The minimum atomic E-state index is -0.432. The first-order valence-corrected chi connectivity index (χ1v) is 13.1. The average molecular weight is 533 g/mol. The smallest absolute Gasteiger partial charge is 0.324 e. The number of urea groups is 1. The molecule has 2 N–H and O–H groups in total. The van der Waals surface area contributed by atoms with Crippen LogP contribution in [-0.2, 0) is 10.2 Å². The predicted molar refractivity (Wildman–Crippen MR) is 146 cm³/mol. The molecule has 5 rings (SSSR count). The first kappa shape index (κ1) is 26.7. The van der Waals surface area contributed by atoms with Crippen molar-refractivity contribution in [1.29, 1.82) is 0 Å². The molecule has 0 radical (unpaired) electrons. The Balaban J connectivity index is 1.06. The average Bonchev–Trinajstić information content (AvgIpc) is 3.31. The van der Waals surface area contributed by atoms with Gasteiger partial charge < -0.3 is 24.2 Å². The highest BCUT2D eigenvalue weighted by molar-refractivity contribution is 5.99. The third kappa shape index (κ3) is 6.77. The Kier molecular flexibility index (Phi) is 7.60. The van der Waals surface area contributed by atoms with Crippen molar-refractivity contribution >= 4 is 17.5 Å². The van der Waals surface area contributed by atoms with E-state index < -0.39 is 11.8 Å². The number of halogens is 1. The SMILES string of the molecule is CC(C)(C)c1cc(NC(=O)Nc2ccc(C#Cc3ccc(OCCCN4CC5(COC5)C4)c(F)c3)cc2)no1. The molecule has 0 aliphatic carbocycles. The van der Waals surface area contributed by atoms with E-state index in [0.717, 1.165) is 44.8 Å². The zero-order valence-electron chi connectivity index (χ0n) is 22.5. The van der Waals surface area contributed by atoms with Gasteiger partial charge in [0.2, 0.25) is 0 Å². The van der Waals surface area contributed by atoms with Gasteiger partial charge in [0.15, 0.2) is 17.4 Å². The van der Waals surface area contributed by atoms with Crippen LogP contribution in [-0.4, -0.2) is 55.5 Å². The second kappa shape index (κ2) is 11.1. The number of hydrogen-bond acceptors (Lipinski definition) is 6. The maximum absolute atomic E-state index is 14.5. The fraction of sp³-hybridized carbons (Fsp3) is 0.400. The van der Waals surface area contributed by atoms with E-state index in [-0.39, 0.29) is 11.2 Å². The number of carbonyl (C=O) groups excluding carboxylic acids is 1. The molecule has 204 valence electrons. The lowest BCUT2D eigenvalue weighted by Crippen LogP contribution is -2.65. The highest BCUT2D eigenvalue weighted by atomic mass is 19.1. The van der Waals surface area contributed by atoms with E-state index in [1.807, 2.05) is 20.8 Å². The van der Waals surface area contributed by atoms with E-state index in [1.54, 1.807) is 42.5 Å². The molecule has 2 aliphatic rings. The van der Waals surface area contributed by atoms with Gasteiger partial charge in [-0.05, 0) is 48.9 Å². The van der Waals surface area contributed by atoms with Crippen LogP contribution in [0.15, 0.2) is 53.1 Å².